The monoisotopic (exact) mass is 251 g/mol. The minimum Gasteiger partial charge on any atom is -0.396 e. The second-order valence-corrected chi connectivity index (χ2v) is 4.26. The van der Waals surface area contributed by atoms with E-state index in [1.54, 1.807) is 6.07 Å². The highest BCUT2D eigenvalue weighted by atomic mass is 32.2. The van der Waals surface area contributed by atoms with Gasteiger partial charge in [0.25, 0.3) is 0 Å². The first-order valence-electron chi connectivity index (χ1n) is 4.63. The number of thioether (sulfide) groups is 1. The first-order chi connectivity index (χ1) is 7.49. The van der Waals surface area contributed by atoms with Crippen molar-refractivity contribution in [1.82, 2.24) is 0 Å². The van der Waals surface area contributed by atoms with Crippen LogP contribution < -0.4 is 5.73 Å². The van der Waals surface area contributed by atoms with Gasteiger partial charge in [-0.15, -0.1) is 11.8 Å². The summed E-state index contributed by atoms with van der Waals surface area (Å²) in [6, 6.07) is 4.03. The average Bonchev–Trinajstić information content (AvgIpc) is 2.24. The summed E-state index contributed by atoms with van der Waals surface area (Å²) in [6.07, 6.45) is -4.38. The fourth-order valence-electron chi connectivity index (χ4n) is 1.25. The second-order valence-electron chi connectivity index (χ2n) is 3.09. The highest BCUT2D eigenvalue weighted by molar-refractivity contribution is 7.99. The van der Waals surface area contributed by atoms with Crippen LogP contribution in [-0.4, -0.2) is 17.5 Å². The number of benzene rings is 1. The molecule has 0 aliphatic rings. The fraction of sp³-hybridized carbons (Fsp3) is 0.400. The van der Waals surface area contributed by atoms with Crippen LogP contribution in [0.15, 0.2) is 23.1 Å². The number of hydrogen-bond donors (Lipinski definition) is 2. The molecule has 0 fully saturated rings. The van der Waals surface area contributed by atoms with Gasteiger partial charge in [-0.2, -0.15) is 13.2 Å². The van der Waals surface area contributed by atoms with Crippen LogP contribution in [0.1, 0.15) is 11.1 Å². The number of rotatable bonds is 4. The molecular formula is C10H12F3NOS. The maximum Gasteiger partial charge on any atom is 0.416 e. The van der Waals surface area contributed by atoms with Crippen LogP contribution in [0.4, 0.5) is 13.2 Å². The summed E-state index contributed by atoms with van der Waals surface area (Å²) < 4.78 is 37.9. The van der Waals surface area contributed by atoms with E-state index < -0.39 is 11.7 Å². The minimum atomic E-state index is -4.38. The van der Waals surface area contributed by atoms with Crippen LogP contribution >= 0.6 is 11.8 Å². The molecule has 0 amide bonds. The third-order valence-electron chi connectivity index (χ3n) is 1.97. The predicted octanol–water partition coefficient (Wildman–Crippen LogP) is 2.25. The highest BCUT2D eigenvalue weighted by Crippen LogP contribution is 2.34. The molecule has 0 aliphatic carbocycles. The van der Waals surface area contributed by atoms with E-state index >= 15 is 0 Å². The summed E-state index contributed by atoms with van der Waals surface area (Å²) in [5.74, 6) is 0.374. The molecule has 0 radical (unpaired) electrons. The molecular weight excluding hydrogens is 239 g/mol. The van der Waals surface area contributed by atoms with Gasteiger partial charge in [-0.25, -0.2) is 0 Å². The van der Waals surface area contributed by atoms with Crippen LogP contribution in [0.5, 0.6) is 0 Å². The van der Waals surface area contributed by atoms with Crippen LogP contribution in [0.3, 0.4) is 0 Å². The normalized spacial score (nSPS) is 11.8. The van der Waals surface area contributed by atoms with E-state index in [0.717, 1.165) is 6.07 Å². The standard InChI is InChI=1S/C10H12F3NOS/c11-10(12,13)9-5-8(16-4-3-15)2-1-7(9)6-14/h1-2,5,15H,3-4,6,14H2. The van der Waals surface area contributed by atoms with Crippen molar-refractivity contribution in [3.05, 3.63) is 29.3 Å². The Morgan fingerprint density at radius 2 is 2.00 bits per heavy atom. The van der Waals surface area contributed by atoms with Gasteiger partial charge in [0.05, 0.1) is 12.2 Å². The first kappa shape index (κ1) is 13.3. The third kappa shape index (κ3) is 3.40. The van der Waals surface area contributed by atoms with E-state index in [9.17, 15) is 13.2 Å². The molecule has 3 N–H and O–H groups in total. The molecule has 0 aliphatic heterocycles. The number of nitrogens with two attached hydrogens (primary N) is 1. The summed E-state index contributed by atoms with van der Waals surface area (Å²) in [4.78, 5) is 0.485. The van der Waals surface area contributed by atoms with Crippen molar-refractivity contribution < 1.29 is 18.3 Å². The third-order valence-corrected chi connectivity index (χ3v) is 2.94. The molecule has 0 bridgehead atoms. The van der Waals surface area contributed by atoms with Gasteiger partial charge < -0.3 is 10.8 Å². The van der Waals surface area contributed by atoms with Crippen molar-refractivity contribution in [2.24, 2.45) is 5.73 Å². The molecule has 90 valence electrons. The Hall–Kier alpha value is -0.720. The summed E-state index contributed by atoms with van der Waals surface area (Å²) in [5.41, 5.74) is 4.64. The van der Waals surface area contributed by atoms with Crippen molar-refractivity contribution in [1.29, 1.82) is 0 Å². The van der Waals surface area contributed by atoms with Crippen molar-refractivity contribution in [2.75, 3.05) is 12.4 Å². The lowest BCUT2D eigenvalue weighted by molar-refractivity contribution is -0.138. The Bertz CT molecular complexity index is 354. The van der Waals surface area contributed by atoms with Crippen molar-refractivity contribution in [3.63, 3.8) is 0 Å². The zero-order valence-corrected chi connectivity index (χ0v) is 9.24. The van der Waals surface area contributed by atoms with E-state index in [2.05, 4.69) is 0 Å². The van der Waals surface area contributed by atoms with Crippen LogP contribution in [0, 0.1) is 0 Å². The molecule has 0 saturated heterocycles. The van der Waals surface area contributed by atoms with E-state index in [-0.39, 0.29) is 18.7 Å². The van der Waals surface area contributed by atoms with Crippen molar-refractivity contribution >= 4 is 11.8 Å². The number of halogens is 3. The zero-order chi connectivity index (χ0) is 12.2. The number of alkyl halides is 3. The molecule has 1 aromatic rings. The van der Waals surface area contributed by atoms with E-state index in [0.29, 0.717) is 10.6 Å². The first-order valence-corrected chi connectivity index (χ1v) is 5.61. The summed E-state index contributed by atoms with van der Waals surface area (Å²) in [6.45, 7) is -0.204. The van der Waals surface area contributed by atoms with Crippen molar-refractivity contribution in [2.45, 2.75) is 17.6 Å². The lowest BCUT2D eigenvalue weighted by Crippen LogP contribution is -2.12. The summed E-state index contributed by atoms with van der Waals surface area (Å²) in [7, 11) is 0. The predicted molar refractivity (Wildman–Crippen MR) is 57.1 cm³/mol. The molecule has 0 unspecified atom stereocenters. The Morgan fingerprint density at radius 1 is 1.31 bits per heavy atom. The second kappa shape index (κ2) is 5.56. The molecule has 2 nitrogen and oxygen atoms in total. The highest BCUT2D eigenvalue weighted by Gasteiger charge is 2.33. The Balaban J connectivity index is 3.02. The van der Waals surface area contributed by atoms with Gasteiger partial charge in [-0.3, -0.25) is 0 Å². The number of aliphatic hydroxyl groups excluding tert-OH is 1. The smallest absolute Gasteiger partial charge is 0.396 e. The maximum atomic E-state index is 12.6. The Kier molecular flexibility index (Phi) is 4.64. The Labute approximate surface area is 95.6 Å². The van der Waals surface area contributed by atoms with E-state index in [4.69, 9.17) is 10.8 Å². The summed E-state index contributed by atoms with van der Waals surface area (Å²) >= 11 is 1.18. The molecule has 0 saturated carbocycles. The zero-order valence-electron chi connectivity index (χ0n) is 8.42. The van der Waals surface area contributed by atoms with Gasteiger partial charge in [0, 0.05) is 17.2 Å². The van der Waals surface area contributed by atoms with Gasteiger partial charge in [-0.05, 0) is 17.7 Å². The Morgan fingerprint density at radius 3 is 2.50 bits per heavy atom. The van der Waals surface area contributed by atoms with Crippen LogP contribution in [0.2, 0.25) is 0 Å². The van der Waals surface area contributed by atoms with Gasteiger partial charge >= 0.3 is 6.18 Å². The molecule has 0 heterocycles. The van der Waals surface area contributed by atoms with Gasteiger partial charge in [0.15, 0.2) is 0 Å². The summed E-state index contributed by atoms with van der Waals surface area (Å²) in [5, 5.41) is 8.59. The quantitative estimate of drug-likeness (QED) is 0.807. The van der Waals surface area contributed by atoms with E-state index in [1.165, 1.54) is 17.8 Å². The molecule has 0 aromatic heterocycles. The topological polar surface area (TPSA) is 46.2 Å². The van der Waals surface area contributed by atoms with Gasteiger partial charge in [0.1, 0.15) is 0 Å². The lowest BCUT2D eigenvalue weighted by Gasteiger charge is -2.13. The molecule has 1 rings (SSSR count). The van der Waals surface area contributed by atoms with Crippen LogP contribution in [0.25, 0.3) is 0 Å². The number of hydrogen-bond acceptors (Lipinski definition) is 3. The maximum absolute atomic E-state index is 12.6. The van der Waals surface area contributed by atoms with Crippen LogP contribution in [-0.2, 0) is 12.7 Å². The SMILES string of the molecule is NCc1ccc(SCCO)cc1C(F)(F)F. The van der Waals surface area contributed by atoms with Gasteiger partial charge in [-0.1, -0.05) is 6.07 Å². The largest absolute Gasteiger partial charge is 0.416 e. The lowest BCUT2D eigenvalue weighted by atomic mass is 10.1. The molecule has 0 spiro atoms. The molecule has 6 heteroatoms. The van der Waals surface area contributed by atoms with Gasteiger partial charge in [0.2, 0.25) is 0 Å². The molecule has 16 heavy (non-hydrogen) atoms. The number of aliphatic hydroxyl groups is 1. The van der Waals surface area contributed by atoms with E-state index in [1.807, 2.05) is 0 Å². The average molecular weight is 251 g/mol. The molecule has 1 aromatic carbocycles. The van der Waals surface area contributed by atoms with Crippen molar-refractivity contribution in [3.8, 4) is 0 Å². The minimum absolute atomic E-state index is 0.0648. The molecule has 0 atom stereocenters. The fourth-order valence-corrected chi connectivity index (χ4v) is 1.94.